The molecule has 2 aromatic carbocycles. The molecule has 1 aromatic heterocycles. The van der Waals surface area contributed by atoms with Crippen LogP contribution in [0.1, 0.15) is 16.2 Å². The van der Waals surface area contributed by atoms with Gasteiger partial charge in [0, 0.05) is 5.56 Å². The van der Waals surface area contributed by atoms with Crippen molar-refractivity contribution in [2.75, 3.05) is 7.11 Å². The number of carbonyl (C=O) groups is 1. The molecule has 7 nitrogen and oxygen atoms in total. The number of aromatic nitrogens is 2. The van der Waals surface area contributed by atoms with Crippen LogP contribution in [0, 0.1) is 11.6 Å². The van der Waals surface area contributed by atoms with Crippen LogP contribution in [0.3, 0.4) is 0 Å². The Morgan fingerprint density at radius 2 is 1.92 bits per heavy atom. The highest BCUT2D eigenvalue weighted by atomic mass is 19.1. The zero-order valence-corrected chi connectivity index (χ0v) is 13.5. The van der Waals surface area contributed by atoms with Crippen molar-refractivity contribution in [2.24, 2.45) is 5.73 Å². The molecule has 3 aromatic rings. The summed E-state index contributed by atoms with van der Waals surface area (Å²) in [6.45, 7) is -0.274. The van der Waals surface area contributed by atoms with Crippen LogP contribution in [0.15, 0.2) is 40.9 Å². The standard InChI is InChI=1S/C17H13F2N3O4/c1-24-10-4-2-9(3-5-10)17-21-13(26-22-17)8-25-12-7-6-11(18)14(15(12)19)16(20)23/h2-7H,8H2,1H3,(H2,20,23). The van der Waals surface area contributed by atoms with Gasteiger partial charge in [-0.15, -0.1) is 0 Å². The maximum absolute atomic E-state index is 14.1. The molecule has 3 rings (SSSR count). The predicted molar refractivity (Wildman–Crippen MR) is 85.5 cm³/mol. The predicted octanol–water partition coefficient (Wildman–Crippen LogP) is 2.70. The van der Waals surface area contributed by atoms with E-state index in [2.05, 4.69) is 10.1 Å². The number of halogens is 2. The van der Waals surface area contributed by atoms with Gasteiger partial charge < -0.3 is 19.7 Å². The van der Waals surface area contributed by atoms with Crippen molar-refractivity contribution < 1.29 is 27.6 Å². The SMILES string of the molecule is COc1ccc(-c2noc(COc3ccc(F)c(C(N)=O)c3F)n2)cc1. The lowest BCUT2D eigenvalue weighted by atomic mass is 10.1. The van der Waals surface area contributed by atoms with Crippen LogP contribution in [0.5, 0.6) is 11.5 Å². The number of primary amides is 1. The van der Waals surface area contributed by atoms with E-state index in [0.29, 0.717) is 17.1 Å². The number of benzene rings is 2. The van der Waals surface area contributed by atoms with Crippen molar-refractivity contribution in [2.45, 2.75) is 6.61 Å². The van der Waals surface area contributed by atoms with E-state index in [1.54, 1.807) is 31.4 Å². The molecule has 0 aliphatic heterocycles. The molecule has 1 heterocycles. The van der Waals surface area contributed by atoms with Crippen LogP contribution < -0.4 is 15.2 Å². The lowest BCUT2D eigenvalue weighted by molar-refractivity contribution is 0.0991. The Balaban J connectivity index is 1.74. The average molecular weight is 361 g/mol. The first-order valence-corrected chi connectivity index (χ1v) is 7.37. The molecule has 26 heavy (non-hydrogen) atoms. The van der Waals surface area contributed by atoms with Gasteiger partial charge in [0.25, 0.3) is 11.8 Å². The number of amides is 1. The second-order valence-corrected chi connectivity index (χ2v) is 5.13. The van der Waals surface area contributed by atoms with Gasteiger partial charge in [-0.25, -0.2) is 8.78 Å². The number of nitrogens with two attached hydrogens (primary N) is 1. The first kappa shape index (κ1) is 17.3. The maximum atomic E-state index is 14.1. The highest BCUT2D eigenvalue weighted by Crippen LogP contribution is 2.24. The smallest absolute Gasteiger partial charge is 0.264 e. The molecule has 2 N–H and O–H groups in total. The van der Waals surface area contributed by atoms with E-state index >= 15 is 0 Å². The van der Waals surface area contributed by atoms with Crippen LogP contribution in [0.2, 0.25) is 0 Å². The molecule has 0 unspecified atom stereocenters. The molecule has 0 atom stereocenters. The molecule has 0 saturated heterocycles. The van der Waals surface area contributed by atoms with Gasteiger partial charge in [0.15, 0.2) is 18.2 Å². The molecule has 0 bridgehead atoms. The zero-order valence-electron chi connectivity index (χ0n) is 13.5. The third kappa shape index (κ3) is 3.46. The van der Waals surface area contributed by atoms with E-state index in [-0.39, 0.29) is 18.2 Å². The molecule has 9 heteroatoms. The van der Waals surface area contributed by atoms with Crippen molar-refractivity contribution in [3.8, 4) is 22.9 Å². The van der Waals surface area contributed by atoms with E-state index < -0.39 is 23.1 Å². The van der Waals surface area contributed by atoms with Gasteiger partial charge in [-0.1, -0.05) is 5.16 Å². The third-order valence-corrected chi connectivity index (χ3v) is 3.47. The Morgan fingerprint density at radius 3 is 2.58 bits per heavy atom. The highest BCUT2D eigenvalue weighted by Gasteiger charge is 2.20. The molecular formula is C17H13F2N3O4. The summed E-state index contributed by atoms with van der Waals surface area (Å²) < 4.78 is 42.8. The number of rotatable bonds is 6. The lowest BCUT2D eigenvalue weighted by Crippen LogP contribution is -2.16. The quantitative estimate of drug-likeness (QED) is 0.724. The monoisotopic (exact) mass is 361 g/mol. The van der Waals surface area contributed by atoms with E-state index in [0.717, 1.165) is 12.1 Å². The summed E-state index contributed by atoms with van der Waals surface area (Å²) in [7, 11) is 1.55. The Kier molecular flexibility index (Phi) is 4.78. The number of hydrogen-bond donors (Lipinski definition) is 1. The van der Waals surface area contributed by atoms with Crippen LogP contribution >= 0.6 is 0 Å². The van der Waals surface area contributed by atoms with E-state index in [1.807, 2.05) is 0 Å². The van der Waals surface area contributed by atoms with Crippen molar-refractivity contribution in [3.05, 3.63) is 59.5 Å². The largest absolute Gasteiger partial charge is 0.497 e. The average Bonchev–Trinajstić information content (AvgIpc) is 3.10. The van der Waals surface area contributed by atoms with Gasteiger partial charge in [-0.2, -0.15) is 4.98 Å². The summed E-state index contributed by atoms with van der Waals surface area (Å²) in [6, 6.07) is 8.88. The second-order valence-electron chi connectivity index (χ2n) is 5.13. The fraction of sp³-hybridized carbons (Fsp3) is 0.118. The first-order valence-electron chi connectivity index (χ1n) is 7.37. The second kappa shape index (κ2) is 7.18. The van der Waals surface area contributed by atoms with Crippen molar-refractivity contribution in [1.82, 2.24) is 10.1 Å². The van der Waals surface area contributed by atoms with Crippen LogP contribution in [0.25, 0.3) is 11.4 Å². The Labute approximate surface area is 146 Å². The van der Waals surface area contributed by atoms with E-state index in [9.17, 15) is 13.6 Å². The fourth-order valence-corrected chi connectivity index (χ4v) is 2.18. The number of hydrogen-bond acceptors (Lipinski definition) is 6. The van der Waals surface area contributed by atoms with Gasteiger partial charge in [-0.3, -0.25) is 4.79 Å². The summed E-state index contributed by atoms with van der Waals surface area (Å²) in [5, 5.41) is 3.80. The van der Waals surface area contributed by atoms with Gasteiger partial charge in [0.1, 0.15) is 17.1 Å². The number of ether oxygens (including phenoxy) is 2. The zero-order chi connectivity index (χ0) is 18.7. The summed E-state index contributed by atoms with van der Waals surface area (Å²) in [4.78, 5) is 15.2. The van der Waals surface area contributed by atoms with Crippen molar-refractivity contribution in [1.29, 1.82) is 0 Å². The minimum absolute atomic E-state index is 0.0696. The van der Waals surface area contributed by atoms with Gasteiger partial charge in [0.2, 0.25) is 5.82 Å². The first-order chi connectivity index (χ1) is 12.5. The Morgan fingerprint density at radius 1 is 1.19 bits per heavy atom. The Hall–Kier alpha value is -3.49. The normalized spacial score (nSPS) is 10.6. The molecule has 0 saturated carbocycles. The molecule has 0 radical (unpaired) electrons. The molecule has 0 fully saturated rings. The highest BCUT2D eigenvalue weighted by molar-refractivity contribution is 5.93. The number of carbonyl (C=O) groups excluding carboxylic acids is 1. The Bertz CT molecular complexity index is 942. The molecular weight excluding hydrogens is 348 g/mol. The minimum Gasteiger partial charge on any atom is -0.497 e. The third-order valence-electron chi connectivity index (χ3n) is 3.47. The van der Waals surface area contributed by atoms with Gasteiger partial charge in [-0.05, 0) is 36.4 Å². The molecule has 0 spiro atoms. The summed E-state index contributed by atoms with van der Waals surface area (Å²) in [5.41, 5.74) is 4.77. The van der Waals surface area contributed by atoms with Gasteiger partial charge >= 0.3 is 0 Å². The van der Waals surface area contributed by atoms with E-state index in [1.165, 1.54) is 0 Å². The van der Waals surface area contributed by atoms with Crippen LogP contribution in [-0.2, 0) is 6.61 Å². The van der Waals surface area contributed by atoms with Crippen LogP contribution in [0.4, 0.5) is 8.78 Å². The molecule has 0 aliphatic rings. The van der Waals surface area contributed by atoms with Gasteiger partial charge in [0.05, 0.1) is 7.11 Å². The summed E-state index contributed by atoms with van der Waals surface area (Å²) in [5.74, 6) is -2.79. The van der Waals surface area contributed by atoms with Crippen LogP contribution in [-0.4, -0.2) is 23.2 Å². The number of nitrogens with zero attached hydrogens (tertiary/aromatic N) is 2. The number of methoxy groups -OCH3 is 1. The van der Waals surface area contributed by atoms with Crippen molar-refractivity contribution >= 4 is 5.91 Å². The fourth-order valence-electron chi connectivity index (χ4n) is 2.18. The minimum atomic E-state index is -1.23. The summed E-state index contributed by atoms with van der Waals surface area (Å²) in [6.07, 6.45) is 0. The van der Waals surface area contributed by atoms with E-state index in [4.69, 9.17) is 19.7 Å². The molecule has 134 valence electrons. The lowest BCUT2D eigenvalue weighted by Gasteiger charge is -2.07. The molecule has 0 aliphatic carbocycles. The summed E-state index contributed by atoms with van der Waals surface area (Å²) >= 11 is 0. The molecule has 1 amide bonds. The topological polar surface area (TPSA) is 100 Å². The maximum Gasteiger partial charge on any atom is 0.264 e. The van der Waals surface area contributed by atoms with Crippen molar-refractivity contribution in [3.63, 3.8) is 0 Å².